The van der Waals surface area contributed by atoms with Gasteiger partial charge in [0.1, 0.15) is 5.69 Å². The quantitative estimate of drug-likeness (QED) is 0.313. The molecule has 1 aliphatic carbocycles. The second kappa shape index (κ2) is 11.9. The predicted molar refractivity (Wildman–Crippen MR) is 156 cm³/mol. The van der Waals surface area contributed by atoms with Crippen molar-refractivity contribution in [1.29, 1.82) is 0 Å². The lowest BCUT2D eigenvalue weighted by Gasteiger charge is -2.20. The largest absolute Gasteiger partial charge is 0.344 e. The third-order valence-electron chi connectivity index (χ3n) is 7.12. The standard InChI is InChI=1S/C32H30ClN5O3/c1-20-16-23-17-24(10-12-27(23)35-18-20)32(13-14-32)38-29(39)25-7-4-3-6-22(25)19-36-30(40)31(41)37-21(2)9-11-28-26(33)8-5-15-34-28/h3-8,10,12,15-17,20-21H,13-14,18-19H2,1-2H3,(H,36,40)(H,37,41)(H,38,39)/t20?,21-/m0/s1. The average Bonchev–Trinajstić information content (AvgIpc) is 3.75. The van der Waals surface area contributed by atoms with Crippen LogP contribution in [0, 0.1) is 17.8 Å². The van der Waals surface area contributed by atoms with Gasteiger partial charge in [-0.1, -0.05) is 54.8 Å². The normalized spacial score (nSPS) is 16.8. The summed E-state index contributed by atoms with van der Waals surface area (Å²) in [5, 5.41) is 10.9. The minimum Gasteiger partial charge on any atom is -0.344 e. The Bertz CT molecular complexity index is 1700. The van der Waals surface area contributed by atoms with Gasteiger partial charge in [0.05, 0.1) is 22.0 Å². The molecule has 41 heavy (non-hydrogen) atoms. The molecule has 1 aliphatic heterocycles. The molecule has 0 radical (unpaired) electrons. The fourth-order valence-electron chi connectivity index (χ4n) is 4.73. The zero-order valence-corrected chi connectivity index (χ0v) is 23.6. The molecule has 3 N–H and O–H groups in total. The van der Waals surface area contributed by atoms with E-state index in [9.17, 15) is 14.4 Å². The molecule has 1 aromatic heterocycles. The summed E-state index contributed by atoms with van der Waals surface area (Å²) < 4.78 is 0. The van der Waals surface area contributed by atoms with Crippen molar-refractivity contribution in [3.05, 3.63) is 98.8 Å². The van der Waals surface area contributed by atoms with Crippen LogP contribution in [0.4, 0.5) is 0 Å². The maximum atomic E-state index is 13.4. The molecule has 8 nitrogen and oxygen atoms in total. The molecule has 1 unspecified atom stereocenters. The molecule has 2 aliphatic rings. The highest BCUT2D eigenvalue weighted by molar-refractivity contribution is 6.35. The average molecular weight is 568 g/mol. The number of fused-ring (bicyclic) bond motifs is 1. The molecule has 3 aromatic rings. The number of hydrogen-bond acceptors (Lipinski definition) is 5. The van der Waals surface area contributed by atoms with E-state index in [1.807, 2.05) is 12.1 Å². The van der Waals surface area contributed by atoms with E-state index in [1.165, 1.54) is 0 Å². The Balaban J connectivity index is 1.21. The van der Waals surface area contributed by atoms with E-state index in [1.54, 1.807) is 49.5 Å². The van der Waals surface area contributed by atoms with Crippen LogP contribution in [0.5, 0.6) is 0 Å². The molecule has 208 valence electrons. The van der Waals surface area contributed by atoms with E-state index in [-0.39, 0.29) is 12.5 Å². The Labute approximate surface area is 243 Å². The van der Waals surface area contributed by atoms with Crippen LogP contribution in [0.15, 0.2) is 65.8 Å². The summed E-state index contributed by atoms with van der Waals surface area (Å²) in [6.07, 6.45) is 5.48. The third kappa shape index (κ3) is 6.64. The van der Waals surface area contributed by atoms with Crippen molar-refractivity contribution >= 4 is 35.4 Å². The number of hydrogen-bond donors (Lipinski definition) is 3. The molecule has 2 aromatic carbocycles. The second-order valence-corrected chi connectivity index (χ2v) is 10.8. The molecule has 0 saturated heterocycles. The van der Waals surface area contributed by atoms with E-state index in [2.05, 4.69) is 56.8 Å². The summed E-state index contributed by atoms with van der Waals surface area (Å²) in [7, 11) is 0. The molecule has 0 spiro atoms. The fourth-order valence-corrected chi connectivity index (χ4v) is 4.90. The van der Waals surface area contributed by atoms with Gasteiger partial charge in [-0.25, -0.2) is 4.98 Å². The highest BCUT2D eigenvalue weighted by Crippen LogP contribution is 2.45. The van der Waals surface area contributed by atoms with Crippen molar-refractivity contribution in [2.24, 2.45) is 10.9 Å². The van der Waals surface area contributed by atoms with E-state index in [0.29, 0.717) is 27.8 Å². The Kier molecular flexibility index (Phi) is 8.18. The van der Waals surface area contributed by atoms with Crippen LogP contribution in [0.1, 0.15) is 53.9 Å². The summed E-state index contributed by atoms with van der Waals surface area (Å²) in [5.74, 6) is 4.11. The maximum absolute atomic E-state index is 13.4. The number of aromatic nitrogens is 1. The van der Waals surface area contributed by atoms with Crippen LogP contribution in [-0.4, -0.2) is 35.3 Å². The number of halogens is 1. The van der Waals surface area contributed by atoms with Crippen LogP contribution < -0.4 is 26.5 Å². The number of carbonyl (C=O) groups is 3. The lowest BCUT2D eigenvalue weighted by Crippen LogP contribution is -2.43. The van der Waals surface area contributed by atoms with Crippen molar-refractivity contribution in [1.82, 2.24) is 20.9 Å². The fraction of sp³-hybridized carbons (Fsp3) is 0.281. The molecule has 1 saturated carbocycles. The first kappa shape index (κ1) is 28.1. The zero-order chi connectivity index (χ0) is 29.0. The molecule has 0 bridgehead atoms. The van der Waals surface area contributed by atoms with Crippen molar-refractivity contribution in [2.75, 3.05) is 6.54 Å². The summed E-state index contributed by atoms with van der Waals surface area (Å²) in [5.41, 5.74) is 2.07. The molecular formula is C32H30ClN5O3. The SMILES string of the molecule is CC1C=c2cc(C3(NC(=O)c4ccccc4CNC(=O)C(=O)N[C@@H](C)C#Cc4ncccc4Cl)CC3)ccc2=NC1. The number of nitrogens with one attached hydrogen (secondary N) is 3. The van der Waals surface area contributed by atoms with Gasteiger partial charge in [-0.05, 0) is 78.3 Å². The number of amides is 3. The topological polar surface area (TPSA) is 113 Å². The minimum absolute atomic E-state index is 0.0135. The van der Waals surface area contributed by atoms with Crippen molar-refractivity contribution in [2.45, 2.75) is 44.8 Å². The van der Waals surface area contributed by atoms with Crippen molar-refractivity contribution < 1.29 is 14.4 Å². The van der Waals surface area contributed by atoms with Gasteiger partial charge in [0.2, 0.25) is 0 Å². The van der Waals surface area contributed by atoms with Crippen molar-refractivity contribution in [3.8, 4) is 11.8 Å². The molecular weight excluding hydrogens is 538 g/mol. The van der Waals surface area contributed by atoms with Gasteiger partial charge in [-0.15, -0.1) is 0 Å². The number of rotatable bonds is 6. The summed E-state index contributed by atoms with van der Waals surface area (Å²) in [6, 6.07) is 16.0. The van der Waals surface area contributed by atoms with Gasteiger partial charge >= 0.3 is 11.8 Å². The highest BCUT2D eigenvalue weighted by atomic mass is 35.5. The smallest absolute Gasteiger partial charge is 0.310 e. The van der Waals surface area contributed by atoms with Crippen LogP contribution >= 0.6 is 11.6 Å². The predicted octanol–water partition coefficient (Wildman–Crippen LogP) is 2.38. The monoisotopic (exact) mass is 567 g/mol. The maximum Gasteiger partial charge on any atom is 0.310 e. The van der Waals surface area contributed by atoms with Gasteiger partial charge in [-0.3, -0.25) is 19.4 Å². The van der Waals surface area contributed by atoms with Crippen molar-refractivity contribution in [3.63, 3.8) is 0 Å². The number of benzene rings is 2. The van der Waals surface area contributed by atoms with Gasteiger partial charge in [0, 0.05) is 24.8 Å². The van der Waals surface area contributed by atoms with Gasteiger partial charge in [0.15, 0.2) is 0 Å². The summed E-state index contributed by atoms with van der Waals surface area (Å²) in [4.78, 5) is 47.1. The second-order valence-electron chi connectivity index (χ2n) is 10.4. The van der Waals surface area contributed by atoms with Crippen LogP contribution in [0.3, 0.4) is 0 Å². The Hall–Kier alpha value is -4.48. The Morgan fingerprint density at radius 2 is 1.90 bits per heavy atom. The number of nitrogens with zero attached hydrogens (tertiary/aromatic N) is 2. The number of pyridine rings is 1. The molecule has 5 rings (SSSR count). The highest BCUT2D eigenvalue weighted by Gasteiger charge is 2.46. The Morgan fingerprint density at radius 1 is 1.10 bits per heavy atom. The van der Waals surface area contributed by atoms with Crippen LogP contribution in [-0.2, 0) is 21.7 Å². The summed E-state index contributed by atoms with van der Waals surface area (Å²) >= 11 is 6.05. The molecule has 2 atom stereocenters. The van der Waals surface area contributed by atoms with Crippen LogP contribution in [0.2, 0.25) is 5.02 Å². The van der Waals surface area contributed by atoms with E-state index >= 15 is 0 Å². The molecule has 1 fully saturated rings. The first-order valence-electron chi connectivity index (χ1n) is 13.5. The molecule has 3 amide bonds. The van der Waals surface area contributed by atoms with Gasteiger partial charge in [0.25, 0.3) is 5.91 Å². The molecule has 9 heteroatoms. The van der Waals surface area contributed by atoms with E-state index in [4.69, 9.17) is 11.6 Å². The third-order valence-corrected chi connectivity index (χ3v) is 7.42. The van der Waals surface area contributed by atoms with Gasteiger partial charge < -0.3 is 16.0 Å². The molecule has 2 heterocycles. The van der Waals surface area contributed by atoms with E-state index < -0.39 is 23.4 Å². The minimum atomic E-state index is -0.831. The lowest BCUT2D eigenvalue weighted by atomic mass is 9.99. The zero-order valence-electron chi connectivity index (χ0n) is 22.8. The Morgan fingerprint density at radius 3 is 2.68 bits per heavy atom. The van der Waals surface area contributed by atoms with E-state index in [0.717, 1.165) is 35.5 Å². The first-order valence-corrected chi connectivity index (χ1v) is 13.9. The van der Waals surface area contributed by atoms with Gasteiger partial charge in [-0.2, -0.15) is 0 Å². The lowest BCUT2D eigenvalue weighted by molar-refractivity contribution is -0.139. The summed E-state index contributed by atoms with van der Waals surface area (Å²) in [6.45, 7) is 4.59. The number of carbonyl (C=O) groups excluding carboxylic acids is 3. The first-order chi connectivity index (χ1) is 19.7. The van der Waals surface area contributed by atoms with Crippen LogP contribution in [0.25, 0.3) is 6.08 Å².